The Labute approximate surface area is 179 Å². The van der Waals surface area contributed by atoms with Crippen molar-refractivity contribution >= 4 is 56.8 Å². The van der Waals surface area contributed by atoms with E-state index in [1.807, 2.05) is 37.3 Å². The highest BCUT2D eigenvalue weighted by molar-refractivity contribution is 9.10. The summed E-state index contributed by atoms with van der Waals surface area (Å²) in [5, 5.41) is 11.6. The number of rotatable bonds is 6. The number of hydrogen-bond donors (Lipinski definition) is 2. The van der Waals surface area contributed by atoms with E-state index in [1.165, 1.54) is 11.8 Å². The van der Waals surface area contributed by atoms with E-state index in [1.54, 1.807) is 12.1 Å². The molecule has 2 N–H and O–H groups in total. The summed E-state index contributed by atoms with van der Waals surface area (Å²) in [7, 11) is 0. The minimum absolute atomic E-state index is 0.134. The molecule has 1 unspecified atom stereocenters. The number of halogens is 3. The van der Waals surface area contributed by atoms with E-state index in [4.69, 9.17) is 23.2 Å². The molecule has 0 aliphatic heterocycles. The smallest absolute Gasteiger partial charge is 0.230 e. The maximum Gasteiger partial charge on any atom is 0.230 e. The van der Waals surface area contributed by atoms with Gasteiger partial charge in [-0.15, -0.1) is 5.10 Å². The van der Waals surface area contributed by atoms with Crippen molar-refractivity contribution in [1.29, 1.82) is 0 Å². The summed E-state index contributed by atoms with van der Waals surface area (Å²) in [5.74, 6) is 0.709. The Balaban J connectivity index is 1.57. The number of nitrogens with one attached hydrogen (secondary N) is 2. The Bertz CT molecular complexity index is 966. The summed E-state index contributed by atoms with van der Waals surface area (Å²) in [6.07, 6.45) is 0. The zero-order chi connectivity index (χ0) is 19.4. The van der Waals surface area contributed by atoms with Gasteiger partial charge in [-0.2, -0.15) is 0 Å². The molecule has 0 fully saturated rings. The van der Waals surface area contributed by atoms with E-state index in [-0.39, 0.29) is 17.7 Å². The molecule has 3 aromatic rings. The van der Waals surface area contributed by atoms with Crippen molar-refractivity contribution in [2.24, 2.45) is 0 Å². The summed E-state index contributed by atoms with van der Waals surface area (Å²) >= 11 is 16.8. The van der Waals surface area contributed by atoms with E-state index < -0.39 is 0 Å². The molecule has 1 heterocycles. The molecule has 27 heavy (non-hydrogen) atoms. The fourth-order valence-electron chi connectivity index (χ4n) is 2.43. The van der Waals surface area contributed by atoms with E-state index in [0.29, 0.717) is 21.0 Å². The van der Waals surface area contributed by atoms with Crippen LogP contribution in [0.5, 0.6) is 0 Å². The summed E-state index contributed by atoms with van der Waals surface area (Å²) in [6, 6.07) is 12.7. The molecule has 140 valence electrons. The van der Waals surface area contributed by atoms with Crippen LogP contribution < -0.4 is 5.32 Å². The second-order valence-corrected chi connectivity index (χ2v) is 8.33. The SMILES string of the molecule is CC(NC(=O)CSc1n[nH]c(-c2ccccc2Br)n1)c1ccc(Cl)cc1Cl. The molecule has 1 atom stereocenters. The number of aromatic amines is 1. The lowest BCUT2D eigenvalue weighted by molar-refractivity contribution is -0.119. The van der Waals surface area contributed by atoms with Crippen LogP contribution in [0.1, 0.15) is 18.5 Å². The largest absolute Gasteiger partial charge is 0.349 e. The van der Waals surface area contributed by atoms with Crippen molar-refractivity contribution in [2.75, 3.05) is 5.75 Å². The molecule has 9 heteroatoms. The zero-order valence-corrected chi connectivity index (χ0v) is 18.1. The zero-order valence-electron chi connectivity index (χ0n) is 14.2. The topological polar surface area (TPSA) is 70.7 Å². The summed E-state index contributed by atoms with van der Waals surface area (Å²) in [5.41, 5.74) is 1.72. The van der Waals surface area contributed by atoms with Gasteiger partial charge in [-0.1, -0.05) is 75.2 Å². The van der Waals surface area contributed by atoms with Gasteiger partial charge in [-0.25, -0.2) is 4.98 Å². The Morgan fingerprint density at radius 1 is 1.30 bits per heavy atom. The number of carbonyl (C=O) groups is 1. The molecule has 3 rings (SSSR count). The average Bonchev–Trinajstić information content (AvgIpc) is 3.09. The number of H-pyrrole nitrogens is 1. The Morgan fingerprint density at radius 3 is 2.81 bits per heavy atom. The Morgan fingerprint density at radius 2 is 2.07 bits per heavy atom. The van der Waals surface area contributed by atoms with E-state index in [2.05, 4.69) is 36.4 Å². The van der Waals surface area contributed by atoms with Crippen molar-refractivity contribution in [3.8, 4) is 11.4 Å². The number of nitrogens with zero attached hydrogens (tertiary/aromatic N) is 2. The van der Waals surface area contributed by atoms with Crippen LogP contribution in [0.25, 0.3) is 11.4 Å². The standard InChI is InChI=1S/C18H15BrCl2N4OS/c1-10(12-7-6-11(20)8-15(12)21)22-16(26)9-27-18-23-17(24-25-18)13-4-2-3-5-14(13)19/h2-8,10H,9H2,1H3,(H,22,26)(H,23,24,25). The molecule has 0 spiro atoms. The molecule has 0 saturated carbocycles. The third kappa shape index (κ3) is 5.25. The van der Waals surface area contributed by atoms with Crippen LogP contribution in [0.4, 0.5) is 0 Å². The van der Waals surface area contributed by atoms with Crippen LogP contribution in [0.2, 0.25) is 10.0 Å². The molecule has 0 aliphatic carbocycles. The molecular formula is C18H15BrCl2N4OS. The van der Waals surface area contributed by atoms with Gasteiger partial charge in [0.05, 0.1) is 11.8 Å². The molecule has 1 amide bonds. The minimum atomic E-state index is -0.231. The second kappa shape index (κ2) is 9.10. The van der Waals surface area contributed by atoms with Crippen molar-refractivity contribution in [2.45, 2.75) is 18.1 Å². The molecule has 1 aromatic heterocycles. The number of benzene rings is 2. The monoisotopic (exact) mass is 484 g/mol. The van der Waals surface area contributed by atoms with Crippen LogP contribution in [0.15, 0.2) is 52.1 Å². The number of carbonyl (C=O) groups excluding carboxylic acids is 1. The highest BCUT2D eigenvalue weighted by atomic mass is 79.9. The van der Waals surface area contributed by atoms with Gasteiger partial charge in [0.2, 0.25) is 11.1 Å². The normalized spacial score (nSPS) is 12.0. The first-order valence-corrected chi connectivity index (χ1v) is 10.5. The van der Waals surface area contributed by atoms with Gasteiger partial charge in [0.1, 0.15) is 0 Å². The Hall–Kier alpha value is -1.54. The molecule has 0 saturated heterocycles. The average molecular weight is 486 g/mol. The molecule has 0 bridgehead atoms. The molecular weight excluding hydrogens is 471 g/mol. The highest BCUT2D eigenvalue weighted by Gasteiger charge is 2.15. The predicted octanol–water partition coefficient (Wildman–Crippen LogP) is 5.51. The van der Waals surface area contributed by atoms with Crippen LogP contribution in [0.3, 0.4) is 0 Å². The van der Waals surface area contributed by atoms with Crippen molar-refractivity contribution in [1.82, 2.24) is 20.5 Å². The van der Waals surface area contributed by atoms with Gasteiger partial charge in [0, 0.05) is 20.1 Å². The van der Waals surface area contributed by atoms with Gasteiger partial charge < -0.3 is 5.32 Å². The van der Waals surface area contributed by atoms with E-state index in [0.717, 1.165) is 15.6 Å². The first-order chi connectivity index (χ1) is 12.9. The van der Waals surface area contributed by atoms with E-state index >= 15 is 0 Å². The third-order valence-electron chi connectivity index (χ3n) is 3.73. The quantitative estimate of drug-likeness (QED) is 0.451. The lowest BCUT2D eigenvalue weighted by Gasteiger charge is -2.15. The summed E-state index contributed by atoms with van der Waals surface area (Å²) in [4.78, 5) is 16.7. The fraction of sp³-hybridized carbons (Fsp3) is 0.167. The number of thioether (sulfide) groups is 1. The van der Waals surface area contributed by atoms with Gasteiger partial charge >= 0.3 is 0 Å². The Kier molecular flexibility index (Phi) is 6.81. The lowest BCUT2D eigenvalue weighted by Crippen LogP contribution is -2.28. The molecule has 5 nitrogen and oxygen atoms in total. The maximum atomic E-state index is 12.2. The van der Waals surface area contributed by atoms with Crippen LogP contribution in [-0.2, 0) is 4.79 Å². The second-order valence-electron chi connectivity index (χ2n) is 5.69. The summed E-state index contributed by atoms with van der Waals surface area (Å²) in [6.45, 7) is 1.87. The van der Waals surface area contributed by atoms with Gasteiger partial charge in [0.15, 0.2) is 5.82 Å². The van der Waals surface area contributed by atoms with Crippen LogP contribution in [-0.4, -0.2) is 26.8 Å². The maximum absolute atomic E-state index is 12.2. The number of hydrogen-bond acceptors (Lipinski definition) is 4. The number of aromatic nitrogens is 3. The van der Waals surface area contributed by atoms with Crippen molar-refractivity contribution in [3.63, 3.8) is 0 Å². The van der Waals surface area contributed by atoms with Crippen LogP contribution >= 0.6 is 50.9 Å². The fourth-order valence-corrected chi connectivity index (χ4v) is 4.08. The van der Waals surface area contributed by atoms with Gasteiger partial charge in [-0.3, -0.25) is 9.89 Å². The first-order valence-electron chi connectivity index (χ1n) is 7.98. The first kappa shape index (κ1) is 20.2. The van der Waals surface area contributed by atoms with Crippen molar-refractivity contribution < 1.29 is 4.79 Å². The molecule has 0 radical (unpaired) electrons. The predicted molar refractivity (Wildman–Crippen MR) is 113 cm³/mol. The van der Waals surface area contributed by atoms with Crippen molar-refractivity contribution in [3.05, 3.63) is 62.5 Å². The van der Waals surface area contributed by atoms with Gasteiger partial charge in [0.25, 0.3) is 0 Å². The number of amides is 1. The lowest BCUT2D eigenvalue weighted by atomic mass is 10.1. The third-order valence-corrected chi connectivity index (χ3v) is 5.83. The molecule has 0 aliphatic rings. The van der Waals surface area contributed by atoms with Crippen LogP contribution in [0, 0.1) is 0 Å². The molecule has 2 aromatic carbocycles. The minimum Gasteiger partial charge on any atom is -0.349 e. The van der Waals surface area contributed by atoms with Gasteiger partial charge in [-0.05, 0) is 30.7 Å². The van der Waals surface area contributed by atoms with E-state index in [9.17, 15) is 4.79 Å². The highest BCUT2D eigenvalue weighted by Crippen LogP contribution is 2.27. The summed E-state index contributed by atoms with van der Waals surface area (Å²) < 4.78 is 0.920.